The predicted octanol–water partition coefficient (Wildman–Crippen LogP) is 1.48. The van der Waals surface area contributed by atoms with Crippen LogP contribution in [0.2, 0.25) is 0 Å². The molecule has 1 rings (SSSR count). The maximum Gasteiger partial charge on any atom is 0.244 e. The number of carbonyl (C=O) groups excluding carboxylic acids is 1. The van der Waals surface area contributed by atoms with Gasteiger partial charge in [-0.2, -0.15) is 0 Å². The topological polar surface area (TPSA) is 61.0 Å². The number of hydrogen-bond acceptors (Lipinski definition) is 5. The highest BCUT2D eigenvalue weighted by atomic mass is 32.1. The molecule has 1 aromatic heterocycles. The van der Waals surface area contributed by atoms with Gasteiger partial charge in [-0.3, -0.25) is 9.89 Å². The van der Waals surface area contributed by atoms with Crippen molar-refractivity contribution in [2.24, 2.45) is 0 Å². The first-order chi connectivity index (χ1) is 7.04. The van der Waals surface area contributed by atoms with Gasteiger partial charge in [0, 0.05) is 13.6 Å². The summed E-state index contributed by atoms with van der Waals surface area (Å²) in [6.07, 6.45) is 0. The Kier molecular flexibility index (Phi) is 4.22. The van der Waals surface area contributed by atoms with Gasteiger partial charge in [0.15, 0.2) is 3.95 Å². The van der Waals surface area contributed by atoms with Crippen LogP contribution in [0.3, 0.4) is 0 Å². The van der Waals surface area contributed by atoms with Gasteiger partial charge in [0.2, 0.25) is 11.0 Å². The minimum atomic E-state index is -0.288. The third-order valence-corrected chi connectivity index (χ3v) is 3.02. The molecule has 0 saturated heterocycles. The number of hydrogen-bond donors (Lipinski definition) is 2. The number of amides is 1. The average molecular weight is 246 g/mol. The Morgan fingerprint density at radius 2 is 2.47 bits per heavy atom. The molecule has 0 fully saturated rings. The van der Waals surface area contributed by atoms with Gasteiger partial charge in [0.1, 0.15) is 6.04 Å². The van der Waals surface area contributed by atoms with E-state index < -0.39 is 0 Å². The highest BCUT2D eigenvalue weighted by molar-refractivity contribution is 7.73. The second-order valence-corrected chi connectivity index (χ2v) is 4.80. The molecular formula is C8H14N4OS2. The van der Waals surface area contributed by atoms with Gasteiger partial charge >= 0.3 is 0 Å². The summed E-state index contributed by atoms with van der Waals surface area (Å²) in [6.45, 7) is 4.43. The van der Waals surface area contributed by atoms with Gasteiger partial charge in [-0.05, 0) is 26.1 Å². The zero-order valence-electron chi connectivity index (χ0n) is 8.90. The Morgan fingerprint density at radius 1 is 1.80 bits per heavy atom. The van der Waals surface area contributed by atoms with Gasteiger partial charge < -0.3 is 10.2 Å². The molecule has 0 aliphatic heterocycles. The van der Waals surface area contributed by atoms with Crippen LogP contribution in [0.5, 0.6) is 0 Å². The lowest BCUT2D eigenvalue weighted by molar-refractivity contribution is -0.130. The third kappa shape index (κ3) is 3.28. The molecule has 1 aromatic rings. The quantitative estimate of drug-likeness (QED) is 0.790. The van der Waals surface area contributed by atoms with E-state index in [1.54, 1.807) is 18.9 Å². The number of anilines is 1. The van der Waals surface area contributed by atoms with Crippen molar-refractivity contribution in [1.82, 2.24) is 15.1 Å². The highest BCUT2D eigenvalue weighted by Crippen LogP contribution is 2.12. The summed E-state index contributed by atoms with van der Waals surface area (Å²) in [4.78, 5) is 13.3. The van der Waals surface area contributed by atoms with Crippen LogP contribution in [0, 0.1) is 3.95 Å². The van der Waals surface area contributed by atoms with Crippen LogP contribution in [0.25, 0.3) is 0 Å². The van der Waals surface area contributed by atoms with E-state index in [9.17, 15) is 4.79 Å². The number of H-pyrrole nitrogens is 1. The van der Waals surface area contributed by atoms with Crippen molar-refractivity contribution in [3.05, 3.63) is 3.95 Å². The number of rotatable bonds is 4. The molecule has 0 aliphatic rings. The summed E-state index contributed by atoms with van der Waals surface area (Å²) in [6, 6.07) is -0.288. The number of nitrogens with one attached hydrogen (secondary N) is 2. The lowest BCUT2D eigenvalue weighted by atomic mass is 10.3. The number of aromatic amines is 1. The Balaban J connectivity index is 2.59. The van der Waals surface area contributed by atoms with E-state index in [4.69, 9.17) is 12.2 Å². The van der Waals surface area contributed by atoms with Crippen LogP contribution < -0.4 is 5.32 Å². The first-order valence-corrected chi connectivity index (χ1v) is 5.84. The van der Waals surface area contributed by atoms with E-state index in [-0.39, 0.29) is 11.9 Å². The molecule has 0 bridgehead atoms. The molecule has 0 saturated carbocycles. The molecule has 1 heterocycles. The monoisotopic (exact) mass is 246 g/mol. The van der Waals surface area contributed by atoms with Crippen LogP contribution in [0.1, 0.15) is 13.8 Å². The van der Waals surface area contributed by atoms with E-state index in [2.05, 4.69) is 15.5 Å². The molecule has 84 valence electrons. The van der Waals surface area contributed by atoms with Crippen LogP contribution in [0.15, 0.2) is 0 Å². The Bertz CT molecular complexity index is 386. The Morgan fingerprint density at radius 3 is 2.93 bits per heavy atom. The molecule has 0 radical (unpaired) electrons. The van der Waals surface area contributed by atoms with Crippen molar-refractivity contribution in [1.29, 1.82) is 0 Å². The second kappa shape index (κ2) is 5.22. The fourth-order valence-corrected chi connectivity index (χ4v) is 1.90. The number of carbonyl (C=O) groups is 1. The maximum atomic E-state index is 11.7. The zero-order chi connectivity index (χ0) is 11.4. The minimum Gasteiger partial charge on any atom is -0.349 e. The van der Waals surface area contributed by atoms with E-state index in [1.807, 2.05) is 6.92 Å². The first-order valence-electron chi connectivity index (χ1n) is 4.61. The summed E-state index contributed by atoms with van der Waals surface area (Å²) in [5.74, 6) is 0.0404. The molecular weight excluding hydrogens is 232 g/mol. The van der Waals surface area contributed by atoms with Crippen LogP contribution in [0.4, 0.5) is 5.13 Å². The van der Waals surface area contributed by atoms with Crippen molar-refractivity contribution in [3.63, 3.8) is 0 Å². The molecule has 15 heavy (non-hydrogen) atoms. The molecule has 1 amide bonds. The van der Waals surface area contributed by atoms with E-state index >= 15 is 0 Å². The summed E-state index contributed by atoms with van der Waals surface area (Å²) in [5.41, 5.74) is 0. The smallest absolute Gasteiger partial charge is 0.244 e. The van der Waals surface area contributed by atoms with E-state index in [1.165, 1.54) is 11.3 Å². The fourth-order valence-electron chi connectivity index (χ4n) is 1.02. The molecule has 0 spiro atoms. The summed E-state index contributed by atoms with van der Waals surface area (Å²) < 4.78 is 0.598. The van der Waals surface area contributed by atoms with E-state index in [0.717, 1.165) is 0 Å². The van der Waals surface area contributed by atoms with Gasteiger partial charge in [0.05, 0.1) is 0 Å². The van der Waals surface area contributed by atoms with Gasteiger partial charge in [-0.1, -0.05) is 11.3 Å². The van der Waals surface area contributed by atoms with Crippen molar-refractivity contribution >= 4 is 34.6 Å². The van der Waals surface area contributed by atoms with E-state index in [0.29, 0.717) is 15.6 Å². The van der Waals surface area contributed by atoms with Crippen molar-refractivity contribution in [3.8, 4) is 0 Å². The molecule has 1 unspecified atom stereocenters. The second-order valence-electron chi connectivity index (χ2n) is 3.14. The third-order valence-electron chi connectivity index (χ3n) is 2.00. The number of likely N-dealkylation sites (N-methyl/N-ethyl adjacent to an activating group) is 1. The summed E-state index contributed by atoms with van der Waals surface area (Å²) in [7, 11) is 1.77. The fraction of sp³-hybridized carbons (Fsp3) is 0.625. The normalized spacial score (nSPS) is 12.2. The largest absolute Gasteiger partial charge is 0.349 e. The number of aromatic nitrogens is 2. The summed E-state index contributed by atoms with van der Waals surface area (Å²) in [5, 5.41) is 10.2. The molecule has 5 nitrogen and oxygen atoms in total. The van der Waals surface area contributed by atoms with Crippen molar-refractivity contribution in [2.75, 3.05) is 18.9 Å². The molecule has 0 aromatic carbocycles. The predicted molar refractivity (Wildman–Crippen MR) is 63.7 cm³/mol. The summed E-state index contributed by atoms with van der Waals surface area (Å²) >= 11 is 6.21. The van der Waals surface area contributed by atoms with Crippen LogP contribution >= 0.6 is 23.6 Å². The highest BCUT2D eigenvalue weighted by Gasteiger charge is 2.16. The maximum absolute atomic E-state index is 11.7. The Labute approximate surface area is 97.5 Å². The van der Waals surface area contributed by atoms with Crippen molar-refractivity contribution in [2.45, 2.75) is 19.9 Å². The molecule has 7 heteroatoms. The van der Waals surface area contributed by atoms with Crippen LogP contribution in [-0.4, -0.2) is 40.6 Å². The van der Waals surface area contributed by atoms with Gasteiger partial charge in [-0.25, -0.2) is 0 Å². The molecule has 1 atom stereocenters. The standard InChI is InChI=1S/C8H14N4OS2/c1-4-12(3)6(13)5(2)9-7-10-11-8(14)15-7/h5H,4H2,1-3H3,(H,9,10)(H,11,14). The van der Waals surface area contributed by atoms with Gasteiger partial charge in [0.25, 0.3) is 0 Å². The average Bonchev–Trinajstić information content (AvgIpc) is 2.61. The van der Waals surface area contributed by atoms with Crippen LogP contribution in [-0.2, 0) is 4.79 Å². The lowest BCUT2D eigenvalue weighted by Gasteiger charge is -2.19. The zero-order valence-corrected chi connectivity index (χ0v) is 10.5. The molecule has 2 N–H and O–H groups in total. The van der Waals surface area contributed by atoms with Gasteiger partial charge in [-0.15, -0.1) is 5.10 Å². The minimum absolute atomic E-state index is 0.0404. The number of nitrogens with zero attached hydrogens (tertiary/aromatic N) is 2. The molecule has 0 aliphatic carbocycles. The van der Waals surface area contributed by atoms with Crippen molar-refractivity contribution < 1.29 is 4.79 Å². The SMILES string of the molecule is CCN(C)C(=O)C(C)Nc1n[nH]c(=S)s1. The first kappa shape index (κ1) is 12.1. The lowest BCUT2D eigenvalue weighted by Crippen LogP contribution is -2.38. The Hall–Kier alpha value is -0.950.